The number of nitro groups is 1. The lowest BCUT2D eigenvalue weighted by Crippen LogP contribution is -2.29. The van der Waals surface area contributed by atoms with E-state index in [4.69, 9.17) is 0 Å². The van der Waals surface area contributed by atoms with E-state index in [9.17, 15) is 14.5 Å². The summed E-state index contributed by atoms with van der Waals surface area (Å²) in [6.07, 6.45) is 3.61. The maximum Gasteiger partial charge on any atom is 0.304 e. The van der Waals surface area contributed by atoms with Crippen LogP contribution >= 0.6 is 0 Å². The van der Waals surface area contributed by atoms with E-state index < -0.39 is 16.4 Å². The minimum absolute atomic E-state index is 0.451. The molecule has 1 aromatic rings. The molecule has 0 unspecified atom stereocenters. The number of rotatable bonds is 3. The van der Waals surface area contributed by atoms with E-state index in [-0.39, 0.29) is 0 Å². The van der Waals surface area contributed by atoms with Crippen molar-refractivity contribution in [1.82, 2.24) is 4.90 Å². The van der Waals surface area contributed by atoms with Crippen LogP contribution in [0.25, 0.3) is 0 Å². The van der Waals surface area contributed by atoms with Crippen molar-refractivity contribution < 1.29 is 9.31 Å². The third-order valence-corrected chi connectivity index (χ3v) is 3.06. The smallest absolute Gasteiger partial charge is 0.299 e. The van der Waals surface area contributed by atoms with E-state index in [0.717, 1.165) is 18.7 Å². The molecular formula is C12H15FN2O2. The molecule has 0 bridgehead atoms. The van der Waals surface area contributed by atoms with Crippen LogP contribution in [0.1, 0.15) is 24.8 Å². The third kappa shape index (κ3) is 3.00. The number of nitrogens with zero attached hydrogens (tertiary/aromatic N) is 2. The minimum atomic E-state index is -0.746. The normalized spacial score (nSPS) is 17.0. The fourth-order valence-electron chi connectivity index (χ4n) is 2.17. The molecule has 0 atom stereocenters. The molecule has 4 nitrogen and oxygen atoms in total. The Morgan fingerprint density at radius 2 is 2.00 bits per heavy atom. The molecule has 2 rings (SSSR count). The average Bonchev–Trinajstić information content (AvgIpc) is 2.30. The van der Waals surface area contributed by atoms with Crippen molar-refractivity contribution in [2.75, 3.05) is 13.1 Å². The van der Waals surface area contributed by atoms with Gasteiger partial charge in [-0.15, -0.1) is 0 Å². The zero-order chi connectivity index (χ0) is 12.3. The molecule has 0 aliphatic carbocycles. The third-order valence-electron chi connectivity index (χ3n) is 3.06. The van der Waals surface area contributed by atoms with Crippen LogP contribution in [-0.4, -0.2) is 22.9 Å². The van der Waals surface area contributed by atoms with Crippen molar-refractivity contribution in [3.63, 3.8) is 0 Å². The molecular weight excluding hydrogens is 223 g/mol. The molecule has 1 aliphatic rings. The van der Waals surface area contributed by atoms with Gasteiger partial charge in [-0.1, -0.05) is 12.5 Å². The number of benzene rings is 1. The van der Waals surface area contributed by atoms with Crippen molar-refractivity contribution in [1.29, 1.82) is 0 Å². The van der Waals surface area contributed by atoms with E-state index in [1.165, 1.54) is 31.4 Å². The second-order valence-corrected chi connectivity index (χ2v) is 4.38. The molecule has 1 aromatic carbocycles. The Bertz CT molecular complexity index is 417. The number of likely N-dealkylation sites (tertiary alicyclic amines) is 1. The first-order chi connectivity index (χ1) is 8.16. The number of hydrogen-bond acceptors (Lipinski definition) is 3. The Balaban J connectivity index is 2.06. The van der Waals surface area contributed by atoms with E-state index in [1.807, 2.05) is 0 Å². The summed E-state index contributed by atoms with van der Waals surface area (Å²) < 4.78 is 13.4. The minimum Gasteiger partial charge on any atom is -0.299 e. The largest absolute Gasteiger partial charge is 0.304 e. The van der Waals surface area contributed by atoms with E-state index in [1.54, 1.807) is 6.07 Å². The summed E-state index contributed by atoms with van der Waals surface area (Å²) in [6, 6.07) is 4.15. The maximum atomic E-state index is 13.4. The molecule has 92 valence electrons. The molecule has 1 aliphatic heterocycles. The van der Waals surface area contributed by atoms with Crippen molar-refractivity contribution in [2.45, 2.75) is 25.8 Å². The SMILES string of the molecule is O=[N+]([O-])c1ccc(CN2CCCCC2)cc1F. The highest BCUT2D eigenvalue weighted by Gasteiger charge is 2.15. The van der Waals surface area contributed by atoms with Crippen molar-refractivity contribution in [3.8, 4) is 0 Å². The summed E-state index contributed by atoms with van der Waals surface area (Å²) in [5, 5.41) is 10.5. The zero-order valence-corrected chi connectivity index (χ0v) is 9.56. The molecule has 0 saturated carbocycles. The second kappa shape index (κ2) is 5.23. The van der Waals surface area contributed by atoms with Gasteiger partial charge in [-0.2, -0.15) is 4.39 Å². The molecule has 17 heavy (non-hydrogen) atoms. The lowest BCUT2D eigenvalue weighted by atomic mass is 10.1. The predicted octanol–water partition coefficient (Wildman–Crippen LogP) is 2.72. The monoisotopic (exact) mass is 238 g/mol. The first-order valence-corrected chi connectivity index (χ1v) is 5.82. The number of hydrogen-bond donors (Lipinski definition) is 0. The molecule has 0 radical (unpaired) electrons. The highest BCUT2D eigenvalue weighted by molar-refractivity contribution is 5.34. The Hall–Kier alpha value is -1.49. The number of piperidine rings is 1. The Morgan fingerprint density at radius 1 is 1.29 bits per heavy atom. The van der Waals surface area contributed by atoms with Crippen molar-refractivity contribution in [2.24, 2.45) is 0 Å². The zero-order valence-electron chi connectivity index (χ0n) is 9.56. The first kappa shape index (κ1) is 12.0. The van der Waals surface area contributed by atoms with E-state index >= 15 is 0 Å². The highest BCUT2D eigenvalue weighted by atomic mass is 19.1. The molecule has 1 heterocycles. The molecule has 0 spiro atoms. The van der Waals surface area contributed by atoms with Gasteiger partial charge in [0, 0.05) is 12.6 Å². The summed E-state index contributed by atoms with van der Waals surface area (Å²) in [5.41, 5.74) is 0.349. The van der Waals surface area contributed by atoms with Gasteiger partial charge in [-0.25, -0.2) is 0 Å². The van der Waals surface area contributed by atoms with Crippen LogP contribution in [0.2, 0.25) is 0 Å². The summed E-state index contributed by atoms with van der Waals surface area (Å²) in [4.78, 5) is 12.0. The van der Waals surface area contributed by atoms with Crippen LogP contribution in [0.3, 0.4) is 0 Å². The topological polar surface area (TPSA) is 46.4 Å². The fourth-order valence-corrected chi connectivity index (χ4v) is 2.17. The number of halogens is 1. The van der Waals surface area contributed by atoms with Gasteiger partial charge in [-0.3, -0.25) is 15.0 Å². The fraction of sp³-hybridized carbons (Fsp3) is 0.500. The quantitative estimate of drug-likeness (QED) is 0.600. The Labute approximate surface area is 99.2 Å². The Morgan fingerprint density at radius 3 is 2.59 bits per heavy atom. The van der Waals surface area contributed by atoms with Gasteiger partial charge in [0.25, 0.3) is 0 Å². The van der Waals surface area contributed by atoms with Gasteiger partial charge in [0.1, 0.15) is 0 Å². The lowest BCUT2D eigenvalue weighted by molar-refractivity contribution is -0.387. The number of nitro benzene ring substituents is 1. The summed E-state index contributed by atoms with van der Waals surface area (Å²) >= 11 is 0. The summed E-state index contributed by atoms with van der Waals surface area (Å²) in [7, 11) is 0. The van der Waals surface area contributed by atoms with Crippen LogP contribution in [0.15, 0.2) is 18.2 Å². The standard InChI is InChI=1S/C12H15FN2O2/c13-11-8-10(4-5-12(11)15(16)17)9-14-6-2-1-3-7-14/h4-5,8H,1-3,6-7,9H2. The van der Waals surface area contributed by atoms with Gasteiger partial charge in [0.15, 0.2) is 0 Å². The van der Waals surface area contributed by atoms with Crippen LogP contribution in [0, 0.1) is 15.9 Å². The summed E-state index contributed by atoms with van der Waals surface area (Å²) in [6.45, 7) is 2.73. The van der Waals surface area contributed by atoms with Gasteiger partial charge in [-0.05, 0) is 37.6 Å². The van der Waals surface area contributed by atoms with E-state index in [0.29, 0.717) is 6.54 Å². The van der Waals surface area contributed by atoms with Gasteiger partial charge < -0.3 is 0 Å². The van der Waals surface area contributed by atoms with Gasteiger partial charge in [0.05, 0.1) is 4.92 Å². The maximum absolute atomic E-state index is 13.4. The van der Waals surface area contributed by atoms with Crippen molar-refractivity contribution >= 4 is 5.69 Å². The van der Waals surface area contributed by atoms with Crippen LogP contribution in [-0.2, 0) is 6.54 Å². The lowest BCUT2D eigenvalue weighted by Gasteiger charge is -2.26. The summed E-state index contributed by atoms with van der Waals surface area (Å²) in [5.74, 6) is -0.746. The van der Waals surface area contributed by atoms with Crippen molar-refractivity contribution in [3.05, 3.63) is 39.7 Å². The highest BCUT2D eigenvalue weighted by Crippen LogP contribution is 2.20. The van der Waals surface area contributed by atoms with Gasteiger partial charge >= 0.3 is 5.69 Å². The predicted molar refractivity (Wildman–Crippen MR) is 62.2 cm³/mol. The molecule has 0 aromatic heterocycles. The molecule has 1 saturated heterocycles. The van der Waals surface area contributed by atoms with Crippen LogP contribution < -0.4 is 0 Å². The molecule has 5 heteroatoms. The second-order valence-electron chi connectivity index (χ2n) is 4.38. The van der Waals surface area contributed by atoms with Gasteiger partial charge in [0.2, 0.25) is 5.82 Å². The van der Waals surface area contributed by atoms with Crippen LogP contribution in [0.4, 0.5) is 10.1 Å². The molecule has 1 fully saturated rings. The van der Waals surface area contributed by atoms with Crippen LogP contribution in [0.5, 0.6) is 0 Å². The molecule has 0 amide bonds. The average molecular weight is 238 g/mol. The molecule has 0 N–H and O–H groups in total. The van der Waals surface area contributed by atoms with E-state index in [2.05, 4.69) is 4.90 Å². The Kier molecular flexibility index (Phi) is 3.68. The first-order valence-electron chi connectivity index (χ1n) is 5.82.